The first-order valence-corrected chi connectivity index (χ1v) is 6.61. The van der Waals surface area contributed by atoms with E-state index in [-0.39, 0.29) is 0 Å². The third kappa shape index (κ3) is 2.62. The summed E-state index contributed by atoms with van der Waals surface area (Å²) in [5, 5.41) is 7.60. The first-order valence-electron chi connectivity index (χ1n) is 6.61. The van der Waals surface area contributed by atoms with Crippen LogP contribution >= 0.6 is 0 Å². The van der Waals surface area contributed by atoms with Gasteiger partial charge in [0.1, 0.15) is 0 Å². The van der Waals surface area contributed by atoms with Gasteiger partial charge in [0.05, 0.1) is 6.20 Å². The van der Waals surface area contributed by atoms with Crippen molar-refractivity contribution in [3.05, 3.63) is 42.2 Å². The lowest BCUT2D eigenvalue weighted by molar-refractivity contribution is 0.563. The molecule has 1 aliphatic carbocycles. The van der Waals surface area contributed by atoms with E-state index in [1.807, 2.05) is 13.2 Å². The lowest BCUT2D eigenvalue weighted by atomic mass is 10.1. The van der Waals surface area contributed by atoms with Gasteiger partial charge in [0, 0.05) is 24.8 Å². The molecule has 1 fully saturated rings. The first kappa shape index (κ1) is 11.5. The molecular weight excluding hydrogens is 222 g/mol. The molecule has 1 saturated carbocycles. The van der Waals surface area contributed by atoms with Gasteiger partial charge in [-0.05, 0) is 36.9 Å². The zero-order valence-corrected chi connectivity index (χ0v) is 10.8. The molecule has 0 bridgehead atoms. The number of hydrogen-bond donors (Lipinski definition) is 1. The van der Waals surface area contributed by atoms with Gasteiger partial charge in [0.15, 0.2) is 0 Å². The van der Waals surface area contributed by atoms with Gasteiger partial charge in [-0.2, -0.15) is 5.10 Å². The van der Waals surface area contributed by atoms with Crippen molar-refractivity contribution < 1.29 is 0 Å². The van der Waals surface area contributed by atoms with E-state index >= 15 is 0 Å². The standard InChI is InChI=1S/C15H19N3/c1-16-8-12-4-6-14(7-5-12)15-9-17-18(11-15)10-13-2-3-13/h4-7,9,11,13,16H,2-3,8,10H2,1H3. The van der Waals surface area contributed by atoms with Crippen molar-refractivity contribution in [2.24, 2.45) is 5.92 Å². The van der Waals surface area contributed by atoms with Crippen LogP contribution in [-0.4, -0.2) is 16.8 Å². The zero-order valence-electron chi connectivity index (χ0n) is 10.8. The molecule has 18 heavy (non-hydrogen) atoms. The minimum atomic E-state index is 0.871. The maximum absolute atomic E-state index is 4.44. The topological polar surface area (TPSA) is 29.9 Å². The molecule has 0 radical (unpaired) electrons. The third-order valence-electron chi connectivity index (χ3n) is 3.44. The summed E-state index contributed by atoms with van der Waals surface area (Å²) in [6, 6.07) is 8.68. The molecule has 3 heteroatoms. The Labute approximate surface area is 108 Å². The van der Waals surface area contributed by atoms with E-state index in [1.54, 1.807) is 0 Å². The van der Waals surface area contributed by atoms with E-state index in [0.717, 1.165) is 19.0 Å². The van der Waals surface area contributed by atoms with Crippen molar-refractivity contribution in [2.75, 3.05) is 7.05 Å². The van der Waals surface area contributed by atoms with Crippen molar-refractivity contribution in [3.63, 3.8) is 0 Å². The summed E-state index contributed by atoms with van der Waals surface area (Å²) in [7, 11) is 1.97. The second-order valence-corrected chi connectivity index (χ2v) is 5.12. The van der Waals surface area contributed by atoms with Crippen LogP contribution in [-0.2, 0) is 13.1 Å². The van der Waals surface area contributed by atoms with Crippen LogP contribution in [0.5, 0.6) is 0 Å². The van der Waals surface area contributed by atoms with Crippen LogP contribution in [0.2, 0.25) is 0 Å². The fraction of sp³-hybridized carbons (Fsp3) is 0.400. The van der Waals surface area contributed by atoms with Crippen molar-refractivity contribution in [1.29, 1.82) is 0 Å². The summed E-state index contributed by atoms with van der Waals surface area (Å²) in [6.07, 6.45) is 6.86. The van der Waals surface area contributed by atoms with Gasteiger partial charge in [0.2, 0.25) is 0 Å². The molecule has 1 heterocycles. The maximum atomic E-state index is 4.44. The van der Waals surface area contributed by atoms with E-state index < -0.39 is 0 Å². The molecule has 94 valence electrons. The fourth-order valence-corrected chi connectivity index (χ4v) is 2.20. The summed E-state index contributed by atoms with van der Waals surface area (Å²) in [6.45, 7) is 2.00. The molecule has 1 aliphatic rings. The minimum absolute atomic E-state index is 0.871. The highest BCUT2D eigenvalue weighted by molar-refractivity contribution is 5.61. The van der Waals surface area contributed by atoms with Crippen molar-refractivity contribution in [1.82, 2.24) is 15.1 Å². The van der Waals surface area contributed by atoms with Gasteiger partial charge < -0.3 is 5.32 Å². The van der Waals surface area contributed by atoms with Gasteiger partial charge in [-0.15, -0.1) is 0 Å². The molecular formula is C15H19N3. The average Bonchev–Trinajstić information content (AvgIpc) is 3.07. The van der Waals surface area contributed by atoms with Crippen LogP contribution in [0.25, 0.3) is 11.1 Å². The Hall–Kier alpha value is -1.61. The van der Waals surface area contributed by atoms with Gasteiger partial charge in [0.25, 0.3) is 0 Å². The van der Waals surface area contributed by atoms with Gasteiger partial charge in [-0.3, -0.25) is 4.68 Å². The molecule has 1 aromatic carbocycles. The molecule has 0 amide bonds. The summed E-state index contributed by atoms with van der Waals surface area (Å²) in [5.74, 6) is 0.871. The first-order chi connectivity index (χ1) is 8.85. The fourth-order valence-electron chi connectivity index (χ4n) is 2.20. The van der Waals surface area contributed by atoms with Crippen LogP contribution in [0.4, 0.5) is 0 Å². The summed E-state index contributed by atoms with van der Waals surface area (Å²) < 4.78 is 2.08. The Bertz CT molecular complexity index is 509. The summed E-state index contributed by atoms with van der Waals surface area (Å²) in [5.41, 5.74) is 3.77. The highest BCUT2D eigenvalue weighted by Crippen LogP contribution is 2.30. The second kappa shape index (κ2) is 4.94. The minimum Gasteiger partial charge on any atom is -0.316 e. The SMILES string of the molecule is CNCc1ccc(-c2cnn(CC3CC3)c2)cc1. The molecule has 0 saturated heterocycles. The normalized spacial score (nSPS) is 14.9. The number of hydrogen-bond acceptors (Lipinski definition) is 2. The van der Waals surface area contributed by atoms with Gasteiger partial charge >= 0.3 is 0 Å². The van der Waals surface area contributed by atoms with Crippen LogP contribution in [0.3, 0.4) is 0 Å². The van der Waals surface area contributed by atoms with E-state index in [1.165, 1.54) is 29.5 Å². The molecule has 2 aromatic rings. The quantitative estimate of drug-likeness (QED) is 0.872. The number of benzene rings is 1. The molecule has 1 N–H and O–H groups in total. The third-order valence-corrected chi connectivity index (χ3v) is 3.44. The molecule has 1 aromatic heterocycles. The molecule has 0 aliphatic heterocycles. The van der Waals surface area contributed by atoms with E-state index in [4.69, 9.17) is 0 Å². The predicted octanol–water partition coefficient (Wildman–Crippen LogP) is 2.68. The lowest BCUT2D eigenvalue weighted by Crippen LogP contribution is -2.04. The Morgan fingerprint density at radius 3 is 2.67 bits per heavy atom. The lowest BCUT2D eigenvalue weighted by Gasteiger charge is -2.02. The van der Waals surface area contributed by atoms with Crippen molar-refractivity contribution in [2.45, 2.75) is 25.9 Å². The van der Waals surface area contributed by atoms with E-state index in [0.29, 0.717) is 0 Å². The van der Waals surface area contributed by atoms with Crippen molar-refractivity contribution >= 4 is 0 Å². The van der Waals surface area contributed by atoms with Crippen LogP contribution in [0.1, 0.15) is 18.4 Å². The molecule has 3 nitrogen and oxygen atoms in total. The van der Waals surface area contributed by atoms with Crippen LogP contribution in [0, 0.1) is 5.92 Å². The van der Waals surface area contributed by atoms with E-state index in [2.05, 4.69) is 45.6 Å². The van der Waals surface area contributed by atoms with Gasteiger partial charge in [-0.1, -0.05) is 24.3 Å². The predicted molar refractivity (Wildman–Crippen MR) is 73.2 cm³/mol. The monoisotopic (exact) mass is 241 g/mol. The molecule has 0 spiro atoms. The summed E-state index contributed by atoms with van der Waals surface area (Å²) >= 11 is 0. The zero-order chi connectivity index (χ0) is 12.4. The van der Waals surface area contributed by atoms with Crippen LogP contribution in [0.15, 0.2) is 36.7 Å². The number of nitrogens with zero attached hydrogens (tertiary/aromatic N) is 2. The van der Waals surface area contributed by atoms with Gasteiger partial charge in [-0.25, -0.2) is 0 Å². The van der Waals surface area contributed by atoms with Crippen molar-refractivity contribution in [3.8, 4) is 11.1 Å². The molecule has 0 unspecified atom stereocenters. The highest BCUT2D eigenvalue weighted by atomic mass is 15.3. The highest BCUT2D eigenvalue weighted by Gasteiger charge is 2.21. The Morgan fingerprint density at radius 2 is 2.00 bits per heavy atom. The number of rotatable bonds is 5. The Morgan fingerprint density at radius 1 is 1.22 bits per heavy atom. The maximum Gasteiger partial charge on any atom is 0.0568 e. The number of nitrogens with one attached hydrogen (secondary N) is 1. The Balaban J connectivity index is 1.74. The Kier molecular flexibility index (Phi) is 3.15. The van der Waals surface area contributed by atoms with E-state index in [9.17, 15) is 0 Å². The number of aromatic nitrogens is 2. The molecule has 0 atom stereocenters. The smallest absolute Gasteiger partial charge is 0.0568 e. The van der Waals surface area contributed by atoms with Crippen LogP contribution < -0.4 is 5.32 Å². The molecule has 3 rings (SSSR count). The summed E-state index contributed by atoms with van der Waals surface area (Å²) in [4.78, 5) is 0. The average molecular weight is 241 g/mol. The largest absolute Gasteiger partial charge is 0.316 e. The second-order valence-electron chi connectivity index (χ2n) is 5.12.